The van der Waals surface area contributed by atoms with Gasteiger partial charge in [-0.05, 0) is 43.2 Å². The van der Waals surface area contributed by atoms with Crippen LogP contribution in [0.3, 0.4) is 0 Å². The molecule has 0 saturated carbocycles. The molecule has 0 unspecified atom stereocenters. The fourth-order valence-corrected chi connectivity index (χ4v) is 2.72. The topological polar surface area (TPSA) is 84.7 Å². The van der Waals surface area contributed by atoms with E-state index in [-0.39, 0.29) is 17.6 Å². The molecule has 2 amide bonds. The lowest BCUT2D eigenvalue weighted by Gasteiger charge is -2.08. The molecule has 27 heavy (non-hydrogen) atoms. The maximum Gasteiger partial charge on any atom is 0.272 e. The Morgan fingerprint density at radius 2 is 2.00 bits per heavy atom. The number of benzene rings is 1. The number of fused-ring (bicyclic) bond motifs is 1. The summed E-state index contributed by atoms with van der Waals surface area (Å²) in [6.07, 6.45) is 2.64. The molecule has 140 valence electrons. The number of amides is 2. The first-order chi connectivity index (χ1) is 13.0. The highest BCUT2D eigenvalue weighted by Gasteiger charge is 2.21. The fraction of sp³-hybridized carbons (Fsp3) is 0.250. The lowest BCUT2D eigenvalue weighted by Crippen LogP contribution is -2.27. The van der Waals surface area contributed by atoms with E-state index >= 15 is 0 Å². The van der Waals surface area contributed by atoms with Crippen molar-refractivity contribution in [3.05, 3.63) is 59.4 Å². The van der Waals surface area contributed by atoms with E-state index in [1.54, 1.807) is 28.7 Å². The van der Waals surface area contributed by atoms with Crippen molar-refractivity contribution in [1.29, 1.82) is 0 Å². The summed E-state index contributed by atoms with van der Waals surface area (Å²) >= 11 is 0. The molecule has 0 bridgehead atoms. The predicted molar refractivity (Wildman–Crippen MR) is 104 cm³/mol. The van der Waals surface area contributed by atoms with E-state index in [0.717, 1.165) is 12.0 Å². The molecule has 0 saturated heterocycles. The Morgan fingerprint density at radius 1 is 1.19 bits per heavy atom. The van der Waals surface area contributed by atoms with Crippen LogP contribution in [-0.2, 0) is 0 Å². The number of imidazole rings is 1. The molecule has 0 aliphatic rings. The van der Waals surface area contributed by atoms with Crippen LogP contribution >= 0.6 is 0 Å². The van der Waals surface area contributed by atoms with Gasteiger partial charge in [0.05, 0.1) is 7.11 Å². The monoisotopic (exact) mass is 366 g/mol. The number of aryl methyl sites for hydroxylation is 1. The van der Waals surface area contributed by atoms with Gasteiger partial charge in [0.15, 0.2) is 11.5 Å². The number of ether oxygens (including phenoxy) is 1. The lowest BCUT2D eigenvalue weighted by atomic mass is 10.2. The van der Waals surface area contributed by atoms with Crippen LogP contribution in [0.15, 0.2) is 42.6 Å². The van der Waals surface area contributed by atoms with Crippen LogP contribution < -0.4 is 15.4 Å². The van der Waals surface area contributed by atoms with Gasteiger partial charge in [0.25, 0.3) is 11.8 Å². The number of hydrogen-bond acceptors (Lipinski definition) is 4. The molecular weight excluding hydrogens is 344 g/mol. The summed E-state index contributed by atoms with van der Waals surface area (Å²) in [5.74, 6) is 0.158. The van der Waals surface area contributed by atoms with E-state index in [9.17, 15) is 9.59 Å². The van der Waals surface area contributed by atoms with Crippen LogP contribution in [0, 0.1) is 6.92 Å². The molecule has 2 heterocycles. The number of pyridine rings is 1. The second-order valence-corrected chi connectivity index (χ2v) is 6.19. The molecule has 3 rings (SSSR count). The van der Waals surface area contributed by atoms with E-state index in [0.29, 0.717) is 29.2 Å². The van der Waals surface area contributed by atoms with Crippen molar-refractivity contribution in [2.75, 3.05) is 19.0 Å². The molecule has 7 nitrogen and oxygen atoms in total. The summed E-state index contributed by atoms with van der Waals surface area (Å²) < 4.78 is 6.85. The number of carbonyl (C=O) groups excluding carboxylic acids is 2. The third-order valence-electron chi connectivity index (χ3n) is 4.08. The summed E-state index contributed by atoms with van der Waals surface area (Å²) in [5, 5.41) is 5.60. The smallest absolute Gasteiger partial charge is 0.272 e. The number of hydrogen-bond donors (Lipinski definition) is 2. The highest BCUT2D eigenvalue weighted by atomic mass is 16.5. The lowest BCUT2D eigenvalue weighted by molar-refractivity contribution is 0.0949. The molecule has 0 spiro atoms. The van der Waals surface area contributed by atoms with E-state index in [1.165, 1.54) is 7.11 Å². The number of nitrogens with one attached hydrogen (secondary N) is 2. The minimum absolute atomic E-state index is 0.224. The zero-order chi connectivity index (χ0) is 19.4. The Hall–Kier alpha value is -3.35. The number of nitrogens with zero attached hydrogens (tertiary/aromatic N) is 2. The molecule has 2 aromatic heterocycles. The molecule has 0 fully saturated rings. The second kappa shape index (κ2) is 7.90. The van der Waals surface area contributed by atoms with Gasteiger partial charge in [0, 0.05) is 18.3 Å². The number of aromatic nitrogens is 2. The van der Waals surface area contributed by atoms with E-state index in [4.69, 9.17) is 4.74 Å². The van der Waals surface area contributed by atoms with Gasteiger partial charge < -0.3 is 15.4 Å². The molecule has 1 aromatic carbocycles. The summed E-state index contributed by atoms with van der Waals surface area (Å²) in [5.41, 5.74) is 2.29. The highest BCUT2D eigenvalue weighted by molar-refractivity contribution is 6.08. The van der Waals surface area contributed by atoms with Crippen molar-refractivity contribution >= 4 is 23.3 Å². The number of rotatable bonds is 6. The third-order valence-corrected chi connectivity index (χ3v) is 4.08. The minimum Gasteiger partial charge on any atom is -0.497 e. The molecule has 0 atom stereocenters. The van der Waals surface area contributed by atoms with Crippen LogP contribution in [0.4, 0.5) is 5.82 Å². The maximum absolute atomic E-state index is 12.7. The van der Waals surface area contributed by atoms with Gasteiger partial charge >= 0.3 is 0 Å². The van der Waals surface area contributed by atoms with Crippen LogP contribution in [0.25, 0.3) is 5.65 Å². The molecule has 0 aliphatic heterocycles. The van der Waals surface area contributed by atoms with Crippen molar-refractivity contribution in [2.45, 2.75) is 20.3 Å². The summed E-state index contributed by atoms with van der Waals surface area (Å²) in [6.45, 7) is 4.45. The van der Waals surface area contributed by atoms with E-state index in [1.807, 2.05) is 32.2 Å². The molecular formula is C20H22N4O3. The Kier molecular flexibility index (Phi) is 5.40. The molecule has 3 aromatic rings. The first-order valence-electron chi connectivity index (χ1n) is 8.75. The van der Waals surface area contributed by atoms with Gasteiger partial charge in [0.1, 0.15) is 11.4 Å². The standard InChI is InChI=1S/C20H22N4O3/c1-4-10-21-20(26)17-18(22-16-9-8-13(2)12-24(16)17)23-19(25)14-6-5-7-15(11-14)27-3/h5-9,11-12H,4,10H2,1-3H3,(H,21,26)(H,23,25). The SMILES string of the molecule is CCCNC(=O)c1c(NC(=O)c2cccc(OC)c2)nc2ccc(C)cn12. The largest absolute Gasteiger partial charge is 0.497 e. The zero-order valence-electron chi connectivity index (χ0n) is 15.6. The molecule has 0 radical (unpaired) electrons. The maximum atomic E-state index is 12.7. The molecule has 7 heteroatoms. The van der Waals surface area contributed by atoms with E-state index in [2.05, 4.69) is 15.6 Å². The normalized spacial score (nSPS) is 10.6. The van der Waals surface area contributed by atoms with Gasteiger partial charge in [-0.3, -0.25) is 14.0 Å². The quantitative estimate of drug-likeness (QED) is 0.702. The first kappa shape index (κ1) is 18.4. The van der Waals surface area contributed by atoms with Crippen molar-refractivity contribution in [2.24, 2.45) is 0 Å². The van der Waals surface area contributed by atoms with Crippen LogP contribution in [0.2, 0.25) is 0 Å². The third kappa shape index (κ3) is 3.92. The van der Waals surface area contributed by atoms with Gasteiger partial charge in [-0.2, -0.15) is 0 Å². The summed E-state index contributed by atoms with van der Waals surface area (Å²) in [6, 6.07) is 10.5. The highest BCUT2D eigenvalue weighted by Crippen LogP contribution is 2.20. The van der Waals surface area contributed by atoms with Crippen molar-refractivity contribution < 1.29 is 14.3 Å². The van der Waals surface area contributed by atoms with Gasteiger partial charge in [0.2, 0.25) is 0 Å². The minimum atomic E-state index is -0.362. The number of methoxy groups -OCH3 is 1. The van der Waals surface area contributed by atoms with Crippen LogP contribution in [0.5, 0.6) is 5.75 Å². The van der Waals surface area contributed by atoms with Gasteiger partial charge in [-0.1, -0.05) is 19.1 Å². The first-order valence-corrected chi connectivity index (χ1v) is 8.75. The molecule has 0 aliphatic carbocycles. The average Bonchev–Trinajstić information content (AvgIpc) is 3.03. The van der Waals surface area contributed by atoms with Crippen LogP contribution in [0.1, 0.15) is 39.8 Å². The fourth-order valence-electron chi connectivity index (χ4n) is 2.72. The number of anilines is 1. The molecule has 2 N–H and O–H groups in total. The Balaban J connectivity index is 1.99. The Bertz CT molecular complexity index is 994. The number of carbonyl (C=O) groups is 2. The predicted octanol–water partition coefficient (Wildman–Crippen LogP) is 3.04. The van der Waals surface area contributed by atoms with Crippen LogP contribution in [-0.4, -0.2) is 34.9 Å². The van der Waals surface area contributed by atoms with Crippen molar-refractivity contribution in [3.8, 4) is 5.75 Å². The Morgan fingerprint density at radius 3 is 2.74 bits per heavy atom. The van der Waals surface area contributed by atoms with Crippen molar-refractivity contribution in [1.82, 2.24) is 14.7 Å². The van der Waals surface area contributed by atoms with Crippen molar-refractivity contribution in [3.63, 3.8) is 0 Å². The Labute approximate surface area is 157 Å². The average molecular weight is 366 g/mol. The van der Waals surface area contributed by atoms with Gasteiger partial charge in [-0.15, -0.1) is 0 Å². The zero-order valence-corrected chi connectivity index (χ0v) is 15.6. The van der Waals surface area contributed by atoms with E-state index < -0.39 is 0 Å². The van der Waals surface area contributed by atoms with Gasteiger partial charge in [-0.25, -0.2) is 4.98 Å². The summed E-state index contributed by atoms with van der Waals surface area (Å²) in [7, 11) is 1.54. The second-order valence-electron chi connectivity index (χ2n) is 6.19. The summed E-state index contributed by atoms with van der Waals surface area (Å²) in [4.78, 5) is 29.8.